The lowest BCUT2D eigenvalue weighted by atomic mass is 9.99. The van der Waals surface area contributed by atoms with E-state index in [1.54, 1.807) is 4.90 Å². The molecule has 0 bridgehead atoms. The lowest BCUT2D eigenvalue weighted by Crippen LogP contribution is -2.43. The Kier molecular flexibility index (Phi) is 6.91. The smallest absolute Gasteiger partial charge is 0.313 e. The van der Waals surface area contributed by atoms with Crippen LogP contribution in [0.1, 0.15) is 39.2 Å². The van der Waals surface area contributed by atoms with E-state index in [1.807, 2.05) is 68.4 Å². The van der Waals surface area contributed by atoms with Crippen LogP contribution in [0.2, 0.25) is 0 Å². The Balaban J connectivity index is 1.61. The molecule has 0 spiro atoms. The van der Waals surface area contributed by atoms with Crippen molar-refractivity contribution < 1.29 is 9.59 Å². The number of anilines is 2. The number of hydrogen-bond donors (Lipinski definition) is 1. The molecule has 2 aromatic rings. The molecular weight excluding hydrogens is 362 g/mol. The highest BCUT2D eigenvalue weighted by Crippen LogP contribution is 2.24. The van der Waals surface area contributed by atoms with Gasteiger partial charge < -0.3 is 15.1 Å². The van der Waals surface area contributed by atoms with Crippen molar-refractivity contribution in [3.05, 3.63) is 60.2 Å². The van der Waals surface area contributed by atoms with Gasteiger partial charge in [0, 0.05) is 37.1 Å². The van der Waals surface area contributed by atoms with Crippen LogP contribution in [0.15, 0.2) is 54.6 Å². The average Bonchev–Trinajstić information content (AvgIpc) is 2.73. The molecule has 3 rings (SSSR count). The quantitative estimate of drug-likeness (QED) is 0.771. The molecule has 154 valence electrons. The summed E-state index contributed by atoms with van der Waals surface area (Å²) in [6.45, 7) is 8.68. The van der Waals surface area contributed by atoms with Crippen LogP contribution >= 0.6 is 0 Å². The molecule has 1 heterocycles. The molecule has 5 nitrogen and oxygen atoms in total. The van der Waals surface area contributed by atoms with Crippen molar-refractivity contribution in [2.75, 3.05) is 23.3 Å². The highest BCUT2D eigenvalue weighted by Gasteiger charge is 2.24. The van der Waals surface area contributed by atoms with Crippen molar-refractivity contribution in [3.63, 3.8) is 0 Å². The van der Waals surface area contributed by atoms with Crippen LogP contribution < -0.4 is 10.2 Å². The zero-order valence-electron chi connectivity index (χ0n) is 17.6. The van der Waals surface area contributed by atoms with Crippen molar-refractivity contribution in [1.29, 1.82) is 0 Å². The summed E-state index contributed by atoms with van der Waals surface area (Å²) < 4.78 is 0. The molecule has 0 aliphatic carbocycles. The van der Waals surface area contributed by atoms with Gasteiger partial charge >= 0.3 is 11.8 Å². The van der Waals surface area contributed by atoms with Crippen LogP contribution in [0.25, 0.3) is 0 Å². The third-order valence-electron chi connectivity index (χ3n) is 5.55. The van der Waals surface area contributed by atoms with Gasteiger partial charge in [-0.1, -0.05) is 37.3 Å². The molecule has 0 unspecified atom stereocenters. The van der Waals surface area contributed by atoms with Gasteiger partial charge in [0.05, 0.1) is 0 Å². The number of rotatable bonds is 5. The zero-order valence-corrected chi connectivity index (χ0v) is 17.6. The predicted molar refractivity (Wildman–Crippen MR) is 118 cm³/mol. The van der Waals surface area contributed by atoms with Gasteiger partial charge in [-0.25, -0.2) is 0 Å². The first-order chi connectivity index (χ1) is 13.9. The summed E-state index contributed by atoms with van der Waals surface area (Å²) in [5, 5.41) is 2.75. The minimum absolute atomic E-state index is 0.0719. The van der Waals surface area contributed by atoms with Crippen LogP contribution in [-0.4, -0.2) is 35.8 Å². The molecule has 1 aliphatic heterocycles. The maximum atomic E-state index is 12.7. The van der Waals surface area contributed by atoms with Gasteiger partial charge in [0.2, 0.25) is 0 Å². The van der Waals surface area contributed by atoms with Crippen molar-refractivity contribution >= 4 is 23.2 Å². The average molecular weight is 394 g/mol. The SMILES string of the molecule is CC1CCN(c2ccc(NC(=O)C(=O)N(Cc3ccccc3)C(C)C)cc2)CC1. The fraction of sp³-hybridized carbons (Fsp3) is 0.417. The Labute approximate surface area is 173 Å². The second-order valence-corrected chi connectivity index (χ2v) is 8.18. The van der Waals surface area contributed by atoms with Crippen molar-refractivity contribution in [2.24, 2.45) is 5.92 Å². The van der Waals surface area contributed by atoms with Crippen LogP contribution in [0.4, 0.5) is 11.4 Å². The van der Waals surface area contributed by atoms with Crippen LogP contribution in [-0.2, 0) is 16.1 Å². The topological polar surface area (TPSA) is 52.7 Å². The van der Waals surface area contributed by atoms with Crippen molar-refractivity contribution in [3.8, 4) is 0 Å². The summed E-state index contributed by atoms with van der Waals surface area (Å²) >= 11 is 0. The van der Waals surface area contributed by atoms with Crippen molar-refractivity contribution in [1.82, 2.24) is 4.90 Å². The Bertz CT molecular complexity index is 810. The third kappa shape index (κ3) is 5.59. The number of nitrogens with zero attached hydrogens (tertiary/aromatic N) is 2. The summed E-state index contributed by atoms with van der Waals surface area (Å²) in [7, 11) is 0. The standard InChI is InChI=1S/C24H31N3O2/c1-18(2)27(17-20-7-5-4-6-8-20)24(29)23(28)25-21-9-11-22(12-10-21)26-15-13-19(3)14-16-26/h4-12,18-19H,13-17H2,1-3H3,(H,25,28). The molecule has 29 heavy (non-hydrogen) atoms. The van der Waals surface area contributed by atoms with E-state index < -0.39 is 11.8 Å². The van der Waals surface area contributed by atoms with E-state index in [0.717, 1.165) is 30.3 Å². The summed E-state index contributed by atoms with van der Waals surface area (Å²) in [6.07, 6.45) is 2.42. The second-order valence-electron chi connectivity index (χ2n) is 8.18. The second kappa shape index (κ2) is 9.59. The molecule has 1 fully saturated rings. The Morgan fingerprint density at radius 3 is 2.24 bits per heavy atom. The van der Waals surface area contributed by atoms with E-state index in [9.17, 15) is 9.59 Å². The summed E-state index contributed by atoms with van der Waals surface area (Å²) in [4.78, 5) is 29.3. The molecule has 2 amide bonds. The monoisotopic (exact) mass is 393 g/mol. The number of carbonyl (C=O) groups is 2. The summed E-state index contributed by atoms with van der Waals surface area (Å²) in [6, 6.07) is 17.4. The van der Waals surface area contributed by atoms with Crippen LogP contribution in [0.5, 0.6) is 0 Å². The minimum Gasteiger partial charge on any atom is -0.372 e. The van der Waals surface area contributed by atoms with E-state index in [-0.39, 0.29) is 6.04 Å². The number of carbonyl (C=O) groups excluding carboxylic acids is 2. The first kappa shape index (κ1) is 20.9. The van der Waals surface area contributed by atoms with Gasteiger partial charge in [-0.05, 0) is 62.4 Å². The maximum Gasteiger partial charge on any atom is 0.313 e. The van der Waals surface area contributed by atoms with Crippen LogP contribution in [0, 0.1) is 5.92 Å². The fourth-order valence-electron chi connectivity index (χ4n) is 3.61. The molecule has 0 radical (unpaired) electrons. The Hall–Kier alpha value is -2.82. The van der Waals surface area contributed by atoms with E-state index in [0.29, 0.717) is 12.2 Å². The van der Waals surface area contributed by atoms with E-state index in [4.69, 9.17) is 0 Å². The molecule has 1 saturated heterocycles. The molecule has 1 N–H and O–H groups in total. The number of piperidine rings is 1. The predicted octanol–water partition coefficient (Wildman–Crippen LogP) is 4.30. The lowest BCUT2D eigenvalue weighted by Gasteiger charge is -2.32. The number of hydrogen-bond acceptors (Lipinski definition) is 3. The maximum absolute atomic E-state index is 12.7. The van der Waals surface area contributed by atoms with Crippen molar-refractivity contribution in [2.45, 2.75) is 46.2 Å². The van der Waals surface area contributed by atoms with Gasteiger partial charge in [0.25, 0.3) is 0 Å². The normalized spacial score (nSPS) is 14.7. The first-order valence-corrected chi connectivity index (χ1v) is 10.4. The van der Waals surface area contributed by atoms with Gasteiger partial charge in [0.1, 0.15) is 0 Å². The number of amides is 2. The molecule has 0 aromatic heterocycles. The summed E-state index contributed by atoms with van der Waals surface area (Å²) in [5.74, 6) is -0.331. The summed E-state index contributed by atoms with van der Waals surface area (Å²) in [5.41, 5.74) is 2.80. The number of nitrogens with one attached hydrogen (secondary N) is 1. The molecule has 2 aromatic carbocycles. The lowest BCUT2D eigenvalue weighted by molar-refractivity contribution is -0.144. The highest BCUT2D eigenvalue weighted by molar-refractivity contribution is 6.39. The fourth-order valence-corrected chi connectivity index (χ4v) is 3.61. The van der Waals surface area contributed by atoms with Crippen LogP contribution in [0.3, 0.4) is 0 Å². The molecule has 0 saturated carbocycles. The van der Waals surface area contributed by atoms with E-state index >= 15 is 0 Å². The molecule has 1 aliphatic rings. The minimum atomic E-state index is -0.603. The number of benzene rings is 2. The molecular formula is C24H31N3O2. The van der Waals surface area contributed by atoms with Gasteiger partial charge in [0.15, 0.2) is 0 Å². The Morgan fingerprint density at radius 1 is 1.03 bits per heavy atom. The molecule has 5 heteroatoms. The Morgan fingerprint density at radius 2 is 1.66 bits per heavy atom. The third-order valence-corrected chi connectivity index (χ3v) is 5.55. The molecule has 0 atom stereocenters. The highest BCUT2D eigenvalue weighted by atomic mass is 16.2. The van der Waals surface area contributed by atoms with E-state index in [1.165, 1.54) is 12.8 Å². The largest absolute Gasteiger partial charge is 0.372 e. The zero-order chi connectivity index (χ0) is 20.8. The van der Waals surface area contributed by atoms with Gasteiger partial charge in [-0.15, -0.1) is 0 Å². The van der Waals surface area contributed by atoms with E-state index in [2.05, 4.69) is 17.1 Å². The first-order valence-electron chi connectivity index (χ1n) is 10.4. The van der Waals surface area contributed by atoms with Gasteiger partial charge in [-0.2, -0.15) is 0 Å². The van der Waals surface area contributed by atoms with Gasteiger partial charge in [-0.3, -0.25) is 9.59 Å².